The monoisotopic (exact) mass is 505 g/mol. The lowest BCUT2D eigenvalue weighted by atomic mass is 10.0. The number of aryl methyl sites for hydroxylation is 1. The van der Waals surface area contributed by atoms with E-state index in [9.17, 15) is 14.4 Å². The minimum Gasteiger partial charge on any atom is -0.459 e. The summed E-state index contributed by atoms with van der Waals surface area (Å²) in [6, 6.07) is 14.9. The summed E-state index contributed by atoms with van der Waals surface area (Å²) < 4.78 is 5.41. The summed E-state index contributed by atoms with van der Waals surface area (Å²) in [5.41, 5.74) is 3.45. The molecule has 0 heterocycles. The smallest absolute Gasteiger partial charge is 0.323 e. The van der Waals surface area contributed by atoms with E-state index < -0.39 is 11.6 Å². The van der Waals surface area contributed by atoms with Crippen molar-refractivity contribution in [1.82, 2.24) is 10.6 Å². The number of anilines is 1. The molecule has 0 aromatic heterocycles. The molecule has 0 radical (unpaired) electrons. The first-order valence-corrected chi connectivity index (χ1v) is 12.4. The molecule has 2 aromatic carbocycles. The Morgan fingerprint density at radius 1 is 1.05 bits per heavy atom. The first kappa shape index (κ1) is 29.5. The maximum atomic E-state index is 13.3. The Kier molecular flexibility index (Phi) is 10.8. The average Bonchev–Trinajstić information content (AvgIpc) is 2.85. The largest absolute Gasteiger partial charge is 0.459 e. The molecule has 0 saturated carbocycles. The normalized spacial score (nSPS) is 13.1. The number of carbonyl (C=O) groups is 3. The van der Waals surface area contributed by atoms with Gasteiger partial charge in [-0.15, -0.1) is 0 Å². The summed E-state index contributed by atoms with van der Waals surface area (Å²) in [5.74, 6) is 0.121. The van der Waals surface area contributed by atoms with Gasteiger partial charge < -0.3 is 20.3 Å². The van der Waals surface area contributed by atoms with Gasteiger partial charge in [-0.1, -0.05) is 42.0 Å². The van der Waals surface area contributed by atoms with Gasteiger partial charge in [-0.2, -0.15) is 0 Å². The maximum Gasteiger partial charge on any atom is 0.323 e. The summed E-state index contributed by atoms with van der Waals surface area (Å²) in [6.45, 7) is 9.95. The van der Waals surface area contributed by atoms with Gasteiger partial charge in [0.2, 0.25) is 0 Å². The predicted octanol–water partition coefficient (Wildman–Crippen LogP) is 4.36. The molecular weight excluding hydrogens is 466 g/mol. The van der Waals surface area contributed by atoms with Crippen molar-refractivity contribution >= 4 is 23.7 Å². The second-order valence-corrected chi connectivity index (χ2v) is 9.89. The fraction of sp³-hybridized carbons (Fsp3) is 0.367. The van der Waals surface area contributed by atoms with E-state index in [-0.39, 0.29) is 11.8 Å². The highest BCUT2D eigenvalue weighted by Gasteiger charge is 2.21. The molecule has 0 aliphatic carbocycles. The van der Waals surface area contributed by atoms with Crippen LogP contribution in [0.3, 0.4) is 0 Å². The highest BCUT2D eigenvalue weighted by atomic mass is 16.6. The Morgan fingerprint density at radius 3 is 2.22 bits per heavy atom. The number of allylic oxidation sites excluding steroid dienone is 3. The van der Waals surface area contributed by atoms with Crippen molar-refractivity contribution in [3.05, 3.63) is 88.8 Å². The Labute approximate surface area is 220 Å². The van der Waals surface area contributed by atoms with Crippen LogP contribution < -0.4 is 15.5 Å². The number of ether oxygens (including phenoxy) is 1. The second kappa shape index (κ2) is 13.6. The van der Waals surface area contributed by atoms with Crippen molar-refractivity contribution in [2.24, 2.45) is 0 Å². The number of nitrogens with one attached hydrogen (secondary N) is 2. The fourth-order valence-corrected chi connectivity index (χ4v) is 3.66. The quantitative estimate of drug-likeness (QED) is 0.146. The number of carbonyl (C=O) groups excluding carboxylic acids is 3. The van der Waals surface area contributed by atoms with Gasteiger partial charge in [0.1, 0.15) is 23.8 Å². The Morgan fingerprint density at radius 2 is 1.68 bits per heavy atom. The van der Waals surface area contributed by atoms with Crippen LogP contribution in [0.4, 0.5) is 5.69 Å². The number of benzene rings is 2. The maximum absolute atomic E-state index is 13.3. The fourth-order valence-electron chi connectivity index (χ4n) is 3.66. The van der Waals surface area contributed by atoms with Crippen LogP contribution in [0, 0.1) is 6.92 Å². The van der Waals surface area contributed by atoms with E-state index in [4.69, 9.17) is 4.74 Å². The molecule has 2 rings (SSSR count). The molecule has 7 heteroatoms. The number of esters is 1. The van der Waals surface area contributed by atoms with Gasteiger partial charge >= 0.3 is 5.97 Å². The van der Waals surface area contributed by atoms with Gasteiger partial charge in [-0.05, 0) is 77.4 Å². The van der Waals surface area contributed by atoms with Crippen molar-refractivity contribution in [2.45, 2.75) is 52.7 Å². The molecule has 0 spiro atoms. The first-order valence-electron chi connectivity index (χ1n) is 12.4. The highest BCUT2D eigenvalue weighted by molar-refractivity contribution is 6.11. The molecule has 37 heavy (non-hydrogen) atoms. The Bertz CT molecular complexity index is 1130. The Hall–Kier alpha value is -3.71. The number of ketones is 1. The third-order valence-corrected chi connectivity index (χ3v) is 5.68. The zero-order chi connectivity index (χ0) is 27.6. The lowest BCUT2D eigenvalue weighted by molar-refractivity contribution is -0.156. The molecule has 198 valence electrons. The molecule has 2 aromatic rings. The van der Waals surface area contributed by atoms with Gasteiger partial charge in [0.15, 0.2) is 5.78 Å². The van der Waals surface area contributed by atoms with Gasteiger partial charge in [-0.3, -0.25) is 14.4 Å². The van der Waals surface area contributed by atoms with Crippen LogP contribution in [0.2, 0.25) is 0 Å². The summed E-state index contributed by atoms with van der Waals surface area (Å²) in [6.07, 6.45) is 4.25. The average molecular weight is 506 g/mol. The topological polar surface area (TPSA) is 87.7 Å². The molecular formula is C30H39N3O4. The van der Waals surface area contributed by atoms with Crippen LogP contribution in [0.1, 0.15) is 49.2 Å². The molecule has 7 nitrogen and oxygen atoms in total. The summed E-state index contributed by atoms with van der Waals surface area (Å²) in [5, 5.41) is 6.33. The van der Waals surface area contributed by atoms with E-state index in [1.165, 1.54) is 12.2 Å². The molecule has 0 aliphatic rings. The van der Waals surface area contributed by atoms with Crippen molar-refractivity contribution in [3.63, 3.8) is 0 Å². The van der Waals surface area contributed by atoms with Crippen molar-refractivity contribution in [1.29, 1.82) is 0 Å². The summed E-state index contributed by atoms with van der Waals surface area (Å²) in [7, 11) is 3.61. The molecule has 0 bridgehead atoms. The molecule has 0 fully saturated rings. The second-order valence-electron chi connectivity index (χ2n) is 9.89. The van der Waals surface area contributed by atoms with Crippen molar-refractivity contribution < 1.29 is 19.1 Å². The molecule has 2 N–H and O–H groups in total. The first-order chi connectivity index (χ1) is 17.5. The molecule has 0 aliphatic heterocycles. The van der Waals surface area contributed by atoms with Crippen LogP contribution in [-0.2, 0) is 20.7 Å². The predicted molar refractivity (Wildman–Crippen MR) is 149 cm³/mol. The lowest BCUT2D eigenvalue weighted by Crippen LogP contribution is -2.40. The number of hydrogen-bond acceptors (Lipinski definition) is 7. The number of rotatable bonds is 12. The molecule has 0 saturated heterocycles. The van der Waals surface area contributed by atoms with Crippen LogP contribution >= 0.6 is 0 Å². The summed E-state index contributed by atoms with van der Waals surface area (Å²) >= 11 is 0. The van der Waals surface area contributed by atoms with Crippen LogP contribution in [0.15, 0.2) is 72.1 Å². The minimum absolute atomic E-state index is 0.184. The van der Waals surface area contributed by atoms with E-state index in [2.05, 4.69) is 10.6 Å². The third-order valence-electron chi connectivity index (χ3n) is 5.68. The van der Waals surface area contributed by atoms with E-state index in [1.54, 1.807) is 26.1 Å². The number of hydrogen-bond donors (Lipinski definition) is 2. The highest BCUT2D eigenvalue weighted by Crippen LogP contribution is 2.22. The van der Waals surface area contributed by atoms with Crippen LogP contribution in [-0.4, -0.2) is 50.3 Å². The molecule has 1 atom stereocenters. The molecule has 1 unspecified atom stereocenters. The summed E-state index contributed by atoms with van der Waals surface area (Å²) in [4.78, 5) is 38.4. The third kappa shape index (κ3) is 9.03. The van der Waals surface area contributed by atoms with E-state index in [0.717, 1.165) is 23.2 Å². The van der Waals surface area contributed by atoms with Crippen molar-refractivity contribution in [3.8, 4) is 0 Å². The minimum atomic E-state index is -0.511. The standard InChI is InChI=1S/C30H39N3O4/c1-21-10-14-24(15-11-21)27(35)26(9-8-20-34)28(31-6)33(7)25-16-12-23(13-17-25)18-19-32-22(2)29(36)37-30(3,4)5/h8-17,20,22,31-32H,18-19H2,1-7H3/b9-8-,28-26+. The van der Waals surface area contributed by atoms with E-state index in [0.29, 0.717) is 29.8 Å². The zero-order valence-corrected chi connectivity index (χ0v) is 22.9. The van der Waals surface area contributed by atoms with E-state index in [1.807, 2.05) is 76.0 Å². The van der Waals surface area contributed by atoms with Gasteiger partial charge in [0.05, 0.1) is 5.57 Å². The number of Topliss-reactive ketones (excluding diaryl/α,β-unsaturated/α-hetero) is 1. The van der Waals surface area contributed by atoms with Gasteiger partial charge in [0.25, 0.3) is 0 Å². The lowest BCUT2D eigenvalue weighted by Gasteiger charge is -2.25. The van der Waals surface area contributed by atoms with Gasteiger partial charge in [0, 0.05) is 25.3 Å². The van der Waals surface area contributed by atoms with Crippen LogP contribution in [0.25, 0.3) is 0 Å². The van der Waals surface area contributed by atoms with Crippen LogP contribution in [0.5, 0.6) is 0 Å². The number of aldehydes is 1. The van der Waals surface area contributed by atoms with Crippen molar-refractivity contribution in [2.75, 3.05) is 25.5 Å². The van der Waals surface area contributed by atoms with E-state index >= 15 is 0 Å². The van der Waals surface area contributed by atoms with Gasteiger partial charge in [-0.25, -0.2) is 0 Å². The SMILES string of the molecule is CN/C(=C(/C=C\C=O)C(=O)c1ccc(C)cc1)N(C)c1ccc(CCNC(C)C(=O)OC(C)(C)C)cc1. The number of nitrogens with zero attached hydrogens (tertiary/aromatic N) is 1. The Balaban J connectivity index is 2.16. The zero-order valence-electron chi connectivity index (χ0n) is 22.9. The molecule has 0 amide bonds.